The second-order valence-corrected chi connectivity index (χ2v) is 9.99. The molecule has 0 aliphatic carbocycles. The van der Waals surface area contributed by atoms with Crippen molar-refractivity contribution in [2.24, 2.45) is 5.73 Å². The summed E-state index contributed by atoms with van der Waals surface area (Å²) < 4.78 is 24.1. The maximum absolute atomic E-state index is 11.5. The van der Waals surface area contributed by atoms with Crippen molar-refractivity contribution in [3.63, 3.8) is 0 Å². The van der Waals surface area contributed by atoms with Gasteiger partial charge in [0, 0.05) is 26.3 Å². The van der Waals surface area contributed by atoms with E-state index in [1.807, 2.05) is 60.7 Å². The molecule has 3 atom stereocenters. The molecule has 0 bridgehead atoms. The summed E-state index contributed by atoms with van der Waals surface area (Å²) >= 11 is 0. The fourth-order valence-electron chi connectivity index (χ4n) is 3.39. The molecule has 1 amide bonds. The summed E-state index contributed by atoms with van der Waals surface area (Å²) in [4.78, 5) is 66.2. The van der Waals surface area contributed by atoms with Crippen molar-refractivity contribution in [1.82, 2.24) is 5.32 Å². The standard InChI is InChI=1S/C16H21NO5.C11H15NO2.C6H8O4/c1-12(22-13(2)18)16(20)17-10-6-9-15(19)21-11-14-7-4-3-5-8-14;12-8-4-7-11(13)14-9-10-5-2-1-3-6-10;1-3-5(7)10-4(2)6(8)9-3/h3-5,7-8,12H,6,9-11H2,1-2H3,(H,17,20);1-3,5-6H,4,7-9,12H2;3-4H,1-2H3/t12-;;3-,4-/m0.0/s1. The highest BCUT2D eigenvalue weighted by Gasteiger charge is 2.32. The van der Waals surface area contributed by atoms with Crippen molar-refractivity contribution in [2.45, 2.75) is 84.9 Å². The molecule has 1 aliphatic rings. The van der Waals surface area contributed by atoms with E-state index in [0.29, 0.717) is 39.0 Å². The van der Waals surface area contributed by atoms with Gasteiger partial charge < -0.3 is 34.7 Å². The zero-order valence-electron chi connectivity index (χ0n) is 26.7. The van der Waals surface area contributed by atoms with E-state index >= 15 is 0 Å². The lowest BCUT2D eigenvalue weighted by molar-refractivity contribution is -0.191. The number of ether oxygens (including phenoxy) is 5. The Hall–Kier alpha value is -4.78. The van der Waals surface area contributed by atoms with Gasteiger partial charge in [0.1, 0.15) is 13.2 Å². The van der Waals surface area contributed by atoms with Crippen LogP contribution in [-0.4, -0.2) is 67.2 Å². The van der Waals surface area contributed by atoms with Gasteiger partial charge in [-0.3, -0.25) is 19.2 Å². The van der Waals surface area contributed by atoms with Gasteiger partial charge in [-0.1, -0.05) is 60.7 Å². The van der Waals surface area contributed by atoms with Crippen LogP contribution in [0.5, 0.6) is 0 Å². The van der Waals surface area contributed by atoms with E-state index in [-0.39, 0.29) is 30.9 Å². The van der Waals surface area contributed by atoms with E-state index in [9.17, 15) is 28.8 Å². The Bertz CT molecular complexity index is 1220. The summed E-state index contributed by atoms with van der Waals surface area (Å²) in [6.45, 7) is 7.14. The number of rotatable bonds is 13. The van der Waals surface area contributed by atoms with Crippen LogP contribution in [-0.2, 0) is 65.7 Å². The second-order valence-electron chi connectivity index (χ2n) is 9.99. The van der Waals surface area contributed by atoms with Crippen LogP contribution in [0.2, 0.25) is 0 Å². The molecule has 46 heavy (non-hydrogen) atoms. The predicted octanol–water partition coefficient (Wildman–Crippen LogP) is 2.91. The van der Waals surface area contributed by atoms with Gasteiger partial charge in [0.15, 0.2) is 18.3 Å². The summed E-state index contributed by atoms with van der Waals surface area (Å²) in [5.41, 5.74) is 7.21. The van der Waals surface area contributed by atoms with Crippen LogP contribution in [0.4, 0.5) is 0 Å². The third-order valence-corrected chi connectivity index (χ3v) is 5.89. The summed E-state index contributed by atoms with van der Waals surface area (Å²) in [5, 5.41) is 2.59. The average molecular weight is 645 g/mol. The third-order valence-electron chi connectivity index (χ3n) is 5.89. The molecule has 252 valence electrons. The zero-order valence-corrected chi connectivity index (χ0v) is 26.7. The number of hydrogen-bond acceptors (Lipinski definition) is 12. The number of benzene rings is 2. The topological polar surface area (TPSA) is 187 Å². The molecular weight excluding hydrogens is 600 g/mol. The van der Waals surface area contributed by atoms with Crippen LogP contribution in [0, 0.1) is 0 Å². The molecule has 13 heteroatoms. The molecule has 0 spiro atoms. The molecule has 1 saturated heterocycles. The molecule has 3 rings (SSSR count). The number of nitrogens with one attached hydrogen (secondary N) is 1. The van der Waals surface area contributed by atoms with Crippen LogP contribution in [0.25, 0.3) is 0 Å². The second kappa shape index (κ2) is 22.7. The number of esters is 5. The SMILES string of the molecule is CC(=O)O[C@@H](C)C(=O)NCCCC(=O)OCc1ccccc1.C[C@@H]1OC(=O)[C@H](C)OC1=O.NCCCC(=O)OCc1ccccc1. The lowest BCUT2D eigenvalue weighted by Crippen LogP contribution is -2.40. The highest BCUT2D eigenvalue weighted by molar-refractivity contribution is 5.86. The molecule has 2 aromatic rings. The molecule has 1 fully saturated rings. The van der Waals surface area contributed by atoms with Gasteiger partial charge in [0.2, 0.25) is 0 Å². The summed E-state index contributed by atoms with van der Waals surface area (Å²) in [6, 6.07) is 19.0. The zero-order chi connectivity index (χ0) is 34.3. The number of carbonyl (C=O) groups excluding carboxylic acids is 6. The lowest BCUT2D eigenvalue weighted by Gasteiger charge is -2.22. The van der Waals surface area contributed by atoms with Gasteiger partial charge in [-0.05, 0) is 51.3 Å². The fourth-order valence-corrected chi connectivity index (χ4v) is 3.39. The first-order valence-electron chi connectivity index (χ1n) is 14.9. The third kappa shape index (κ3) is 18.1. The highest BCUT2D eigenvalue weighted by Crippen LogP contribution is 2.08. The van der Waals surface area contributed by atoms with Gasteiger partial charge in [-0.25, -0.2) is 9.59 Å². The lowest BCUT2D eigenvalue weighted by atomic mass is 10.2. The number of cyclic esters (lactones) is 2. The van der Waals surface area contributed by atoms with Gasteiger partial charge >= 0.3 is 29.8 Å². The van der Waals surface area contributed by atoms with Gasteiger partial charge in [0.25, 0.3) is 5.91 Å². The first-order chi connectivity index (χ1) is 21.9. The van der Waals surface area contributed by atoms with Crippen molar-refractivity contribution >= 4 is 35.8 Å². The molecule has 2 aromatic carbocycles. The fraction of sp³-hybridized carbons (Fsp3) is 0.455. The Morgan fingerprint density at radius 2 is 1.22 bits per heavy atom. The Morgan fingerprint density at radius 3 is 1.63 bits per heavy atom. The molecule has 0 saturated carbocycles. The average Bonchev–Trinajstić information content (AvgIpc) is 3.04. The molecule has 13 nitrogen and oxygen atoms in total. The van der Waals surface area contributed by atoms with Gasteiger partial charge in [-0.2, -0.15) is 0 Å². The van der Waals surface area contributed by atoms with E-state index in [2.05, 4.69) is 14.8 Å². The molecule has 1 heterocycles. The first kappa shape index (κ1) is 39.2. The summed E-state index contributed by atoms with van der Waals surface area (Å²) in [5.74, 6) is -2.34. The Kier molecular flexibility index (Phi) is 19.4. The Labute approximate surface area is 269 Å². The largest absolute Gasteiger partial charge is 0.461 e. The molecule has 0 unspecified atom stereocenters. The summed E-state index contributed by atoms with van der Waals surface area (Å²) in [7, 11) is 0. The molecule has 3 N–H and O–H groups in total. The van der Waals surface area contributed by atoms with E-state index in [1.54, 1.807) is 0 Å². The minimum atomic E-state index is -0.831. The first-order valence-corrected chi connectivity index (χ1v) is 14.9. The molecule has 0 aromatic heterocycles. The van der Waals surface area contributed by atoms with Crippen LogP contribution in [0.3, 0.4) is 0 Å². The molecule has 0 radical (unpaired) electrons. The van der Waals surface area contributed by atoms with Crippen LogP contribution < -0.4 is 11.1 Å². The summed E-state index contributed by atoms with van der Waals surface area (Å²) in [6.07, 6.45) is -0.548. The minimum Gasteiger partial charge on any atom is -0.461 e. The quantitative estimate of drug-likeness (QED) is 0.185. The van der Waals surface area contributed by atoms with Gasteiger partial charge in [0.05, 0.1) is 0 Å². The van der Waals surface area contributed by atoms with Crippen molar-refractivity contribution < 1.29 is 52.5 Å². The van der Waals surface area contributed by atoms with Crippen molar-refractivity contribution in [3.8, 4) is 0 Å². The van der Waals surface area contributed by atoms with Crippen LogP contribution in [0.1, 0.15) is 64.5 Å². The van der Waals surface area contributed by atoms with E-state index in [4.69, 9.17) is 19.9 Å². The van der Waals surface area contributed by atoms with E-state index in [1.165, 1.54) is 27.7 Å². The maximum atomic E-state index is 11.5. The number of amides is 1. The van der Waals surface area contributed by atoms with Gasteiger partial charge in [-0.15, -0.1) is 0 Å². The predicted molar refractivity (Wildman–Crippen MR) is 165 cm³/mol. The van der Waals surface area contributed by atoms with Crippen LogP contribution in [0.15, 0.2) is 60.7 Å². The van der Waals surface area contributed by atoms with Crippen LogP contribution >= 0.6 is 0 Å². The van der Waals surface area contributed by atoms with Crippen molar-refractivity contribution in [3.05, 3.63) is 71.8 Å². The monoisotopic (exact) mass is 644 g/mol. The number of carbonyl (C=O) groups is 6. The molecule has 1 aliphatic heterocycles. The smallest absolute Gasteiger partial charge is 0.347 e. The highest BCUT2D eigenvalue weighted by atomic mass is 16.6. The van der Waals surface area contributed by atoms with Crippen molar-refractivity contribution in [1.29, 1.82) is 0 Å². The normalized spacial score (nSPS) is 15.6. The number of nitrogens with two attached hydrogens (primary N) is 1. The molecular formula is C33H44N2O11. The Balaban J connectivity index is 0.000000375. The minimum absolute atomic E-state index is 0.181. The van der Waals surface area contributed by atoms with E-state index in [0.717, 1.165) is 11.1 Å². The maximum Gasteiger partial charge on any atom is 0.347 e. The Morgan fingerprint density at radius 1 is 0.783 bits per heavy atom. The van der Waals surface area contributed by atoms with Crippen molar-refractivity contribution in [2.75, 3.05) is 13.1 Å². The number of hydrogen-bond donors (Lipinski definition) is 2. The van der Waals surface area contributed by atoms with E-state index < -0.39 is 36.2 Å².